The van der Waals surface area contributed by atoms with Crippen molar-refractivity contribution in [2.75, 3.05) is 18.9 Å². The van der Waals surface area contributed by atoms with Crippen LogP contribution in [0.25, 0.3) is 0 Å². The van der Waals surface area contributed by atoms with Gasteiger partial charge in [-0.2, -0.15) is 4.98 Å². The number of hydrogen-bond acceptors (Lipinski definition) is 8. The summed E-state index contributed by atoms with van der Waals surface area (Å²) in [5.74, 6) is 1.77. The predicted molar refractivity (Wildman–Crippen MR) is 63.0 cm³/mol. The van der Waals surface area contributed by atoms with E-state index in [-0.39, 0.29) is 6.04 Å². The Balaban J connectivity index is 1.81. The number of nitrogens with one attached hydrogen (secondary N) is 2. The maximum absolute atomic E-state index is 5.42. The zero-order valence-electron chi connectivity index (χ0n) is 10.6. The van der Waals surface area contributed by atoms with E-state index in [4.69, 9.17) is 8.94 Å². The molecule has 0 aliphatic heterocycles. The number of anilines is 1. The standard InChI is InChI=1S/C10H16N6O2/c1-6(11-3)9-14-15-10(17-9)12-5-4-8-13-7(2)18-16-8/h6,11H,4-5H2,1-3H3,(H,12,15). The summed E-state index contributed by atoms with van der Waals surface area (Å²) in [6.07, 6.45) is 0.636. The fourth-order valence-corrected chi connectivity index (χ4v) is 1.33. The second-order valence-corrected chi connectivity index (χ2v) is 3.86. The van der Waals surface area contributed by atoms with Crippen molar-refractivity contribution in [3.63, 3.8) is 0 Å². The highest BCUT2D eigenvalue weighted by Gasteiger charge is 2.11. The second-order valence-electron chi connectivity index (χ2n) is 3.86. The molecule has 0 aliphatic rings. The molecule has 0 aromatic carbocycles. The summed E-state index contributed by atoms with van der Waals surface area (Å²) >= 11 is 0. The molecule has 2 heterocycles. The zero-order valence-corrected chi connectivity index (χ0v) is 10.6. The van der Waals surface area contributed by atoms with Gasteiger partial charge in [0.1, 0.15) is 0 Å². The summed E-state index contributed by atoms with van der Waals surface area (Å²) in [5.41, 5.74) is 0. The summed E-state index contributed by atoms with van der Waals surface area (Å²) in [7, 11) is 1.83. The maximum Gasteiger partial charge on any atom is 0.315 e. The molecule has 18 heavy (non-hydrogen) atoms. The van der Waals surface area contributed by atoms with Crippen LogP contribution >= 0.6 is 0 Å². The van der Waals surface area contributed by atoms with Crippen LogP contribution in [0.15, 0.2) is 8.94 Å². The van der Waals surface area contributed by atoms with Gasteiger partial charge < -0.3 is 19.6 Å². The van der Waals surface area contributed by atoms with E-state index in [1.165, 1.54) is 0 Å². The highest BCUT2D eigenvalue weighted by Crippen LogP contribution is 2.12. The lowest BCUT2D eigenvalue weighted by Gasteiger charge is -2.02. The summed E-state index contributed by atoms with van der Waals surface area (Å²) in [6.45, 7) is 4.31. The molecule has 2 N–H and O–H groups in total. The third-order valence-corrected chi connectivity index (χ3v) is 2.44. The van der Waals surface area contributed by atoms with Gasteiger partial charge in [0.2, 0.25) is 11.8 Å². The number of nitrogens with zero attached hydrogens (tertiary/aromatic N) is 4. The molecular weight excluding hydrogens is 236 g/mol. The second kappa shape index (κ2) is 5.58. The van der Waals surface area contributed by atoms with Gasteiger partial charge in [-0.3, -0.25) is 0 Å². The molecule has 98 valence electrons. The van der Waals surface area contributed by atoms with E-state index in [0.29, 0.717) is 36.6 Å². The van der Waals surface area contributed by atoms with Crippen LogP contribution in [0.4, 0.5) is 6.01 Å². The Kier molecular flexibility index (Phi) is 3.88. The van der Waals surface area contributed by atoms with Crippen molar-refractivity contribution in [1.29, 1.82) is 0 Å². The molecule has 0 radical (unpaired) electrons. The largest absolute Gasteiger partial charge is 0.406 e. The first-order chi connectivity index (χ1) is 8.69. The highest BCUT2D eigenvalue weighted by molar-refractivity contribution is 5.17. The Labute approximate surface area is 104 Å². The van der Waals surface area contributed by atoms with Crippen LogP contribution in [-0.4, -0.2) is 33.9 Å². The molecule has 0 aliphatic carbocycles. The zero-order chi connectivity index (χ0) is 13.0. The van der Waals surface area contributed by atoms with Crippen molar-refractivity contribution in [1.82, 2.24) is 25.7 Å². The number of rotatable bonds is 6. The molecular formula is C10H16N6O2. The van der Waals surface area contributed by atoms with Gasteiger partial charge in [0.05, 0.1) is 6.04 Å². The minimum absolute atomic E-state index is 0.0351. The van der Waals surface area contributed by atoms with Crippen molar-refractivity contribution in [2.45, 2.75) is 26.3 Å². The van der Waals surface area contributed by atoms with Gasteiger partial charge >= 0.3 is 6.01 Å². The topological polar surface area (TPSA) is 102 Å². The van der Waals surface area contributed by atoms with Gasteiger partial charge in [-0.15, -0.1) is 5.10 Å². The van der Waals surface area contributed by atoms with E-state index >= 15 is 0 Å². The fourth-order valence-electron chi connectivity index (χ4n) is 1.33. The van der Waals surface area contributed by atoms with Crippen LogP contribution in [0.5, 0.6) is 0 Å². The van der Waals surface area contributed by atoms with E-state index < -0.39 is 0 Å². The Morgan fingerprint density at radius 2 is 2.17 bits per heavy atom. The molecule has 0 bridgehead atoms. The lowest BCUT2D eigenvalue weighted by molar-refractivity contribution is 0.387. The molecule has 1 atom stereocenters. The van der Waals surface area contributed by atoms with Gasteiger partial charge in [-0.05, 0) is 14.0 Å². The van der Waals surface area contributed by atoms with Crippen molar-refractivity contribution >= 4 is 6.01 Å². The first-order valence-corrected chi connectivity index (χ1v) is 5.72. The molecule has 0 fully saturated rings. The normalized spacial score (nSPS) is 12.6. The van der Waals surface area contributed by atoms with Gasteiger partial charge in [-0.25, -0.2) is 0 Å². The molecule has 2 rings (SSSR count). The van der Waals surface area contributed by atoms with Gasteiger partial charge in [0, 0.05) is 19.9 Å². The predicted octanol–water partition coefficient (Wildman–Crippen LogP) is 0.696. The van der Waals surface area contributed by atoms with Crippen LogP contribution in [-0.2, 0) is 6.42 Å². The Bertz CT molecular complexity index is 494. The molecule has 2 aromatic heterocycles. The highest BCUT2D eigenvalue weighted by atomic mass is 16.5. The van der Waals surface area contributed by atoms with Crippen molar-refractivity contribution < 1.29 is 8.94 Å². The van der Waals surface area contributed by atoms with E-state index in [9.17, 15) is 0 Å². The lowest BCUT2D eigenvalue weighted by Crippen LogP contribution is -2.12. The molecule has 8 heteroatoms. The average Bonchev–Trinajstić information content (AvgIpc) is 2.98. The molecule has 1 unspecified atom stereocenters. The minimum Gasteiger partial charge on any atom is -0.406 e. The SMILES string of the molecule is CNC(C)c1nnc(NCCc2noc(C)n2)o1. The lowest BCUT2D eigenvalue weighted by atomic mass is 10.3. The van der Waals surface area contributed by atoms with Crippen LogP contribution in [0.1, 0.15) is 30.6 Å². The van der Waals surface area contributed by atoms with Gasteiger partial charge in [0.25, 0.3) is 0 Å². The first-order valence-electron chi connectivity index (χ1n) is 5.72. The van der Waals surface area contributed by atoms with Crippen molar-refractivity contribution in [2.24, 2.45) is 0 Å². The van der Waals surface area contributed by atoms with E-state index in [2.05, 4.69) is 31.0 Å². The molecule has 2 aromatic rings. The third-order valence-electron chi connectivity index (χ3n) is 2.44. The monoisotopic (exact) mass is 252 g/mol. The summed E-state index contributed by atoms with van der Waals surface area (Å²) < 4.78 is 10.3. The van der Waals surface area contributed by atoms with E-state index in [1.54, 1.807) is 6.92 Å². The fraction of sp³-hybridized carbons (Fsp3) is 0.600. The molecule has 0 saturated carbocycles. The Hall–Kier alpha value is -1.96. The number of aromatic nitrogens is 4. The van der Waals surface area contributed by atoms with E-state index in [1.807, 2.05) is 14.0 Å². The molecule has 0 amide bonds. The van der Waals surface area contributed by atoms with Crippen LogP contribution in [0.3, 0.4) is 0 Å². The Morgan fingerprint density at radius 3 is 2.83 bits per heavy atom. The minimum atomic E-state index is 0.0351. The number of aryl methyl sites for hydroxylation is 1. The summed E-state index contributed by atoms with van der Waals surface area (Å²) in [5, 5.41) is 17.6. The van der Waals surface area contributed by atoms with Crippen LogP contribution < -0.4 is 10.6 Å². The first kappa shape index (κ1) is 12.5. The van der Waals surface area contributed by atoms with Crippen molar-refractivity contribution in [3.05, 3.63) is 17.6 Å². The van der Waals surface area contributed by atoms with Gasteiger partial charge in [0.15, 0.2) is 5.82 Å². The number of hydrogen-bond donors (Lipinski definition) is 2. The molecule has 8 nitrogen and oxygen atoms in total. The Morgan fingerprint density at radius 1 is 1.33 bits per heavy atom. The molecule has 0 spiro atoms. The van der Waals surface area contributed by atoms with Crippen LogP contribution in [0.2, 0.25) is 0 Å². The smallest absolute Gasteiger partial charge is 0.315 e. The van der Waals surface area contributed by atoms with Crippen LogP contribution in [0, 0.1) is 6.92 Å². The summed E-state index contributed by atoms with van der Waals surface area (Å²) in [4.78, 5) is 4.09. The summed E-state index contributed by atoms with van der Waals surface area (Å²) in [6, 6.07) is 0.431. The van der Waals surface area contributed by atoms with Gasteiger partial charge in [-0.1, -0.05) is 10.3 Å². The third kappa shape index (κ3) is 3.04. The average molecular weight is 252 g/mol. The van der Waals surface area contributed by atoms with Crippen molar-refractivity contribution in [3.8, 4) is 0 Å². The quantitative estimate of drug-likeness (QED) is 0.774. The maximum atomic E-state index is 5.42. The molecule has 0 saturated heterocycles. The van der Waals surface area contributed by atoms with E-state index in [0.717, 1.165) is 0 Å².